The van der Waals surface area contributed by atoms with E-state index in [1.54, 1.807) is 0 Å². The van der Waals surface area contributed by atoms with Gasteiger partial charge in [-0.05, 0) is 22.1 Å². The van der Waals surface area contributed by atoms with Crippen molar-refractivity contribution in [1.29, 1.82) is 0 Å². The summed E-state index contributed by atoms with van der Waals surface area (Å²) in [6.07, 6.45) is -0.878. The zero-order valence-corrected chi connectivity index (χ0v) is 14.0. The summed E-state index contributed by atoms with van der Waals surface area (Å²) in [5.41, 5.74) is 3.14. The Balaban J connectivity index is 1.88. The average molecular weight is 312 g/mol. The van der Waals surface area contributed by atoms with Crippen molar-refractivity contribution in [3.8, 4) is 0 Å². The SMILES string of the molecule is CC(C)(C)c1ccc(C[C@@H](O)C(=O)OCc2ccccc2)cc1. The topological polar surface area (TPSA) is 46.5 Å². The quantitative estimate of drug-likeness (QED) is 0.858. The number of carbonyl (C=O) groups is 1. The minimum absolute atomic E-state index is 0.0890. The van der Waals surface area contributed by atoms with Gasteiger partial charge in [-0.1, -0.05) is 75.4 Å². The number of hydrogen-bond acceptors (Lipinski definition) is 3. The standard InChI is InChI=1S/C20H24O3/c1-20(2,3)17-11-9-15(10-12-17)13-18(21)19(22)23-14-16-7-5-4-6-8-16/h4-12,18,21H,13-14H2,1-3H3/t18-/m1/s1. The van der Waals surface area contributed by atoms with Gasteiger partial charge < -0.3 is 9.84 Å². The lowest BCUT2D eigenvalue weighted by Gasteiger charge is -2.19. The van der Waals surface area contributed by atoms with Crippen molar-refractivity contribution in [2.75, 3.05) is 0 Å². The van der Waals surface area contributed by atoms with Gasteiger partial charge >= 0.3 is 5.97 Å². The first-order valence-corrected chi connectivity index (χ1v) is 7.84. The molecule has 0 aliphatic rings. The molecule has 0 amide bonds. The van der Waals surface area contributed by atoms with E-state index < -0.39 is 12.1 Å². The van der Waals surface area contributed by atoms with Crippen LogP contribution in [0.1, 0.15) is 37.5 Å². The van der Waals surface area contributed by atoms with Crippen LogP contribution in [0.25, 0.3) is 0 Å². The molecular formula is C20H24O3. The van der Waals surface area contributed by atoms with Gasteiger partial charge in [-0.2, -0.15) is 0 Å². The lowest BCUT2D eigenvalue weighted by atomic mass is 9.86. The highest BCUT2D eigenvalue weighted by atomic mass is 16.5. The molecular weight excluding hydrogens is 288 g/mol. The molecule has 0 aromatic heterocycles. The molecule has 3 nitrogen and oxygen atoms in total. The van der Waals surface area contributed by atoms with Crippen molar-refractivity contribution in [3.63, 3.8) is 0 Å². The van der Waals surface area contributed by atoms with E-state index in [0.29, 0.717) is 0 Å². The molecule has 0 bridgehead atoms. The van der Waals surface area contributed by atoms with E-state index in [0.717, 1.165) is 11.1 Å². The number of hydrogen-bond donors (Lipinski definition) is 1. The Kier molecular flexibility index (Phi) is 5.56. The summed E-state index contributed by atoms with van der Waals surface area (Å²) >= 11 is 0. The molecule has 0 fully saturated rings. The Morgan fingerprint density at radius 2 is 1.61 bits per heavy atom. The third-order valence-electron chi connectivity index (χ3n) is 3.75. The number of carbonyl (C=O) groups excluding carboxylic acids is 1. The second kappa shape index (κ2) is 7.42. The number of aliphatic hydroxyl groups excluding tert-OH is 1. The molecule has 0 saturated carbocycles. The highest BCUT2D eigenvalue weighted by Crippen LogP contribution is 2.22. The summed E-state index contributed by atoms with van der Waals surface area (Å²) in [4.78, 5) is 11.9. The predicted octanol–water partition coefficient (Wildman–Crippen LogP) is 3.63. The van der Waals surface area contributed by atoms with Crippen molar-refractivity contribution < 1.29 is 14.6 Å². The molecule has 122 valence electrons. The number of aliphatic hydroxyl groups is 1. The predicted molar refractivity (Wildman–Crippen MR) is 91.1 cm³/mol. The molecule has 0 aliphatic heterocycles. The third kappa shape index (κ3) is 5.22. The van der Waals surface area contributed by atoms with E-state index in [4.69, 9.17) is 4.74 Å². The van der Waals surface area contributed by atoms with Crippen molar-refractivity contribution >= 4 is 5.97 Å². The fourth-order valence-corrected chi connectivity index (χ4v) is 2.27. The molecule has 0 saturated heterocycles. The van der Waals surface area contributed by atoms with Crippen LogP contribution in [0.3, 0.4) is 0 Å². The maximum absolute atomic E-state index is 11.9. The van der Waals surface area contributed by atoms with Gasteiger partial charge in [0.05, 0.1) is 0 Å². The molecule has 1 N–H and O–H groups in total. The van der Waals surface area contributed by atoms with E-state index in [9.17, 15) is 9.90 Å². The van der Waals surface area contributed by atoms with Gasteiger partial charge in [0.2, 0.25) is 0 Å². The molecule has 0 spiro atoms. The maximum atomic E-state index is 11.9. The third-order valence-corrected chi connectivity index (χ3v) is 3.75. The zero-order chi connectivity index (χ0) is 16.9. The van der Waals surface area contributed by atoms with Crippen LogP contribution in [0.5, 0.6) is 0 Å². The lowest BCUT2D eigenvalue weighted by Crippen LogP contribution is -2.25. The van der Waals surface area contributed by atoms with Crippen LogP contribution in [0.15, 0.2) is 54.6 Å². The molecule has 2 aromatic carbocycles. The normalized spacial score (nSPS) is 12.7. The number of ether oxygens (including phenoxy) is 1. The maximum Gasteiger partial charge on any atom is 0.335 e. The van der Waals surface area contributed by atoms with E-state index in [-0.39, 0.29) is 18.4 Å². The van der Waals surface area contributed by atoms with Crippen molar-refractivity contribution in [2.45, 2.75) is 45.3 Å². The van der Waals surface area contributed by atoms with Crippen LogP contribution in [0.4, 0.5) is 0 Å². The van der Waals surface area contributed by atoms with Crippen LogP contribution in [0, 0.1) is 0 Å². The van der Waals surface area contributed by atoms with Gasteiger partial charge in [-0.3, -0.25) is 0 Å². The summed E-state index contributed by atoms with van der Waals surface area (Å²) < 4.78 is 5.15. The second-order valence-electron chi connectivity index (χ2n) is 6.76. The highest BCUT2D eigenvalue weighted by Gasteiger charge is 2.18. The Labute approximate surface area is 137 Å². The van der Waals surface area contributed by atoms with E-state index in [2.05, 4.69) is 20.8 Å². The summed E-state index contributed by atoms with van der Waals surface area (Å²) in [6.45, 7) is 6.63. The average Bonchev–Trinajstić information content (AvgIpc) is 2.53. The molecule has 0 heterocycles. The molecule has 0 unspecified atom stereocenters. The number of benzene rings is 2. The number of esters is 1. The van der Waals surface area contributed by atoms with Gasteiger partial charge in [0.25, 0.3) is 0 Å². The first kappa shape index (κ1) is 17.2. The molecule has 3 heteroatoms. The molecule has 2 aromatic rings. The van der Waals surface area contributed by atoms with Crippen LogP contribution in [-0.2, 0) is 28.0 Å². The van der Waals surface area contributed by atoms with Crippen LogP contribution in [-0.4, -0.2) is 17.2 Å². The monoisotopic (exact) mass is 312 g/mol. The molecule has 0 aliphatic carbocycles. The Morgan fingerprint density at radius 3 is 2.17 bits per heavy atom. The van der Waals surface area contributed by atoms with E-state index in [1.807, 2.05) is 54.6 Å². The summed E-state index contributed by atoms with van der Waals surface area (Å²) in [7, 11) is 0. The lowest BCUT2D eigenvalue weighted by molar-refractivity contribution is -0.154. The molecule has 0 radical (unpaired) electrons. The zero-order valence-electron chi connectivity index (χ0n) is 14.0. The van der Waals surface area contributed by atoms with Gasteiger partial charge in [-0.15, -0.1) is 0 Å². The Bertz CT molecular complexity index is 624. The van der Waals surface area contributed by atoms with Gasteiger partial charge in [0.15, 0.2) is 6.10 Å². The van der Waals surface area contributed by atoms with Gasteiger partial charge in [0.1, 0.15) is 6.61 Å². The molecule has 23 heavy (non-hydrogen) atoms. The first-order chi connectivity index (χ1) is 10.9. The minimum Gasteiger partial charge on any atom is -0.459 e. The van der Waals surface area contributed by atoms with Gasteiger partial charge in [-0.25, -0.2) is 4.79 Å². The molecule has 1 atom stereocenters. The second-order valence-corrected chi connectivity index (χ2v) is 6.76. The summed E-state index contributed by atoms with van der Waals surface area (Å²) in [6, 6.07) is 17.4. The number of rotatable bonds is 5. The van der Waals surface area contributed by atoms with E-state index in [1.165, 1.54) is 5.56 Å². The van der Waals surface area contributed by atoms with E-state index >= 15 is 0 Å². The van der Waals surface area contributed by atoms with Crippen molar-refractivity contribution in [2.24, 2.45) is 0 Å². The molecule has 2 rings (SSSR count). The van der Waals surface area contributed by atoms with Crippen LogP contribution in [0.2, 0.25) is 0 Å². The smallest absolute Gasteiger partial charge is 0.335 e. The van der Waals surface area contributed by atoms with Crippen molar-refractivity contribution in [3.05, 3.63) is 71.3 Å². The Hall–Kier alpha value is -2.13. The van der Waals surface area contributed by atoms with Crippen molar-refractivity contribution in [1.82, 2.24) is 0 Å². The fraction of sp³-hybridized carbons (Fsp3) is 0.350. The minimum atomic E-state index is -1.14. The largest absolute Gasteiger partial charge is 0.459 e. The fourth-order valence-electron chi connectivity index (χ4n) is 2.27. The Morgan fingerprint density at radius 1 is 1.00 bits per heavy atom. The summed E-state index contributed by atoms with van der Waals surface area (Å²) in [5.74, 6) is -0.589. The summed E-state index contributed by atoms with van der Waals surface area (Å²) in [5, 5.41) is 10.0. The van der Waals surface area contributed by atoms with Gasteiger partial charge in [0, 0.05) is 6.42 Å². The first-order valence-electron chi connectivity index (χ1n) is 7.84. The van der Waals surface area contributed by atoms with Crippen LogP contribution < -0.4 is 0 Å². The highest BCUT2D eigenvalue weighted by molar-refractivity contribution is 5.74. The van der Waals surface area contributed by atoms with Crippen LogP contribution >= 0.6 is 0 Å².